The Kier molecular flexibility index (Phi) is 4.44. The van der Waals surface area contributed by atoms with Crippen LogP contribution in [0.1, 0.15) is 0 Å². The summed E-state index contributed by atoms with van der Waals surface area (Å²) in [5, 5.41) is 3.86. The van der Waals surface area contributed by atoms with Crippen LogP contribution in [0.2, 0.25) is 0 Å². The molecule has 0 unspecified atom stereocenters. The highest BCUT2D eigenvalue weighted by Gasteiger charge is 2.02. The monoisotopic (exact) mass is 247 g/mol. The van der Waals surface area contributed by atoms with Crippen LogP contribution in [0.3, 0.4) is 0 Å². The molecule has 96 valence electrons. The van der Waals surface area contributed by atoms with Gasteiger partial charge in [-0.3, -0.25) is 9.36 Å². The number of nitrogens with one attached hydrogen (secondary N) is 1. The Morgan fingerprint density at radius 2 is 2.17 bits per heavy atom. The van der Waals surface area contributed by atoms with Gasteiger partial charge in [0.2, 0.25) is 0 Å². The summed E-state index contributed by atoms with van der Waals surface area (Å²) in [7, 11) is 1.67. The summed E-state index contributed by atoms with van der Waals surface area (Å²) in [6.45, 7) is 2.79. The van der Waals surface area contributed by atoms with Gasteiger partial charge >= 0.3 is 0 Å². The van der Waals surface area contributed by atoms with E-state index >= 15 is 0 Å². The lowest BCUT2D eigenvalue weighted by molar-refractivity contribution is 0.199. The smallest absolute Gasteiger partial charge is 0.261 e. The van der Waals surface area contributed by atoms with Crippen molar-refractivity contribution in [2.45, 2.75) is 6.54 Å². The Hall–Kier alpha value is -1.72. The second-order valence-corrected chi connectivity index (χ2v) is 4.00. The number of benzene rings is 1. The van der Waals surface area contributed by atoms with Crippen molar-refractivity contribution in [3.8, 4) is 0 Å². The van der Waals surface area contributed by atoms with E-state index in [1.54, 1.807) is 24.1 Å². The van der Waals surface area contributed by atoms with Crippen LogP contribution in [-0.2, 0) is 11.3 Å². The molecular weight excluding hydrogens is 230 g/mol. The van der Waals surface area contributed by atoms with Crippen molar-refractivity contribution >= 4 is 10.9 Å². The first-order chi connectivity index (χ1) is 8.83. The molecule has 1 aromatic heterocycles. The number of fused-ring (bicyclic) bond motifs is 1. The van der Waals surface area contributed by atoms with E-state index in [9.17, 15) is 4.79 Å². The highest BCUT2D eigenvalue weighted by molar-refractivity contribution is 5.76. The fourth-order valence-electron chi connectivity index (χ4n) is 1.76. The molecule has 0 saturated heterocycles. The molecule has 0 radical (unpaired) electrons. The summed E-state index contributed by atoms with van der Waals surface area (Å²) >= 11 is 0. The molecule has 0 bridgehead atoms. The molecule has 0 saturated carbocycles. The SMILES string of the molecule is COCCNCCn1cnc2ccccc2c1=O. The van der Waals surface area contributed by atoms with Crippen molar-refractivity contribution < 1.29 is 4.74 Å². The van der Waals surface area contributed by atoms with E-state index in [1.165, 1.54) is 0 Å². The van der Waals surface area contributed by atoms with E-state index < -0.39 is 0 Å². The van der Waals surface area contributed by atoms with Gasteiger partial charge in [0.15, 0.2) is 0 Å². The Bertz CT molecular complexity index is 565. The van der Waals surface area contributed by atoms with Gasteiger partial charge in [0.05, 0.1) is 23.8 Å². The van der Waals surface area contributed by atoms with Crippen LogP contribution in [-0.4, -0.2) is 36.4 Å². The summed E-state index contributed by atoms with van der Waals surface area (Å²) in [4.78, 5) is 16.4. The van der Waals surface area contributed by atoms with Crippen molar-refractivity contribution in [3.63, 3.8) is 0 Å². The van der Waals surface area contributed by atoms with Crippen molar-refractivity contribution in [1.29, 1.82) is 0 Å². The molecule has 1 heterocycles. The molecule has 18 heavy (non-hydrogen) atoms. The third-order valence-corrected chi connectivity index (χ3v) is 2.74. The van der Waals surface area contributed by atoms with Crippen molar-refractivity contribution in [3.05, 3.63) is 40.9 Å². The Morgan fingerprint density at radius 1 is 1.33 bits per heavy atom. The number of hydrogen-bond donors (Lipinski definition) is 1. The second-order valence-electron chi connectivity index (χ2n) is 4.00. The molecule has 0 aliphatic heterocycles. The highest BCUT2D eigenvalue weighted by atomic mass is 16.5. The average molecular weight is 247 g/mol. The number of hydrogen-bond acceptors (Lipinski definition) is 4. The minimum atomic E-state index is 0.00846. The van der Waals surface area contributed by atoms with E-state index in [1.807, 2.05) is 18.2 Å². The summed E-state index contributed by atoms with van der Waals surface area (Å²) in [6.07, 6.45) is 1.60. The number of nitrogens with zero attached hydrogens (tertiary/aromatic N) is 2. The fraction of sp³-hybridized carbons (Fsp3) is 0.385. The van der Waals surface area contributed by atoms with Crippen LogP contribution in [0.4, 0.5) is 0 Å². The topological polar surface area (TPSA) is 56.1 Å². The van der Waals surface area contributed by atoms with Gasteiger partial charge in [-0.1, -0.05) is 12.1 Å². The lowest BCUT2D eigenvalue weighted by Crippen LogP contribution is -2.28. The minimum Gasteiger partial charge on any atom is -0.383 e. The first kappa shape index (κ1) is 12.7. The zero-order valence-corrected chi connectivity index (χ0v) is 10.4. The van der Waals surface area contributed by atoms with Gasteiger partial charge in [0.1, 0.15) is 0 Å². The molecule has 5 nitrogen and oxygen atoms in total. The molecular formula is C13H17N3O2. The fourth-order valence-corrected chi connectivity index (χ4v) is 1.76. The van der Waals surface area contributed by atoms with Crippen LogP contribution in [0.5, 0.6) is 0 Å². The van der Waals surface area contributed by atoms with Crippen LogP contribution in [0.25, 0.3) is 10.9 Å². The predicted octanol–water partition coefficient (Wildman–Crippen LogP) is 0.632. The number of methoxy groups -OCH3 is 1. The van der Waals surface area contributed by atoms with E-state index in [0.29, 0.717) is 18.5 Å². The molecule has 1 N–H and O–H groups in total. The van der Waals surface area contributed by atoms with E-state index in [2.05, 4.69) is 10.3 Å². The van der Waals surface area contributed by atoms with Gasteiger partial charge in [0, 0.05) is 26.7 Å². The van der Waals surface area contributed by atoms with Crippen molar-refractivity contribution in [2.24, 2.45) is 0 Å². The van der Waals surface area contributed by atoms with Gasteiger partial charge in [-0.2, -0.15) is 0 Å². The molecule has 2 aromatic rings. The number of aromatic nitrogens is 2. The van der Waals surface area contributed by atoms with Gasteiger partial charge in [-0.15, -0.1) is 0 Å². The lowest BCUT2D eigenvalue weighted by Gasteiger charge is -2.07. The predicted molar refractivity (Wildman–Crippen MR) is 70.7 cm³/mol. The maximum absolute atomic E-state index is 12.1. The summed E-state index contributed by atoms with van der Waals surface area (Å²) in [5.41, 5.74) is 0.750. The summed E-state index contributed by atoms with van der Waals surface area (Å²) < 4.78 is 6.56. The molecule has 0 spiro atoms. The number of para-hydroxylation sites is 1. The van der Waals surface area contributed by atoms with Crippen molar-refractivity contribution in [2.75, 3.05) is 26.8 Å². The van der Waals surface area contributed by atoms with Crippen molar-refractivity contribution in [1.82, 2.24) is 14.9 Å². The Morgan fingerprint density at radius 3 is 3.00 bits per heavy atom. The normalized spacial score (nSPS) is 10.9. The van der Waals surface area contributed by atoms with Crippen LogP contribution >= 0.6 is 0 Å². The zero-order valence-electron chi connectivity index (χ0n) is 10.4. The summed E-state index contributed by atoms with van der Waals surface area (Å²) in [5.74, 6) is 0. The quantitative estimate of drug-likeness (QED) is 0.761. The van der Waals surface area contributed by atoms with Gasteiger partial charge < -0.3 is 10.1 Å². The maximum Gasteiger partial charge on any atom is 0.261 e. The Labute approximate surface area is 105 Å². The third kappa shape index (κ3) is 2.94. The first-order valence-corrected chi connectivity index (χ1v) is 5.97. The van der Waals surface area contributed by atoms with Crippen LogP contribution < -0.4 is 10.9 Å². The van der Waals surface area contributed by atoms with E-state index in [4.69, 9.17) is 4.74 Å². The van der Waals surface area contributed by atoms with E-state index in [0.717, 1.165) is 18.6 Å². The highest BCUT2D eigenvalue weighted by Crippen LogP contribution is 2.04. The summed E-state index contributed by atoms with van der Waals surface area (Å²) in [6, 6.07) is 7.38. The molecule has 0 aliphatic carbocycles. The largest absolute Gasteiger partial charge is 0.383 e. The minimum absolute atomic E-state index is 0.00846. The molecule has 0 atom stereocenters. The van der Waals surface area contributed by atoms with Gasteiger partial charge in [0.25, 0.3) is 5.56 Å². The zero-order chi connectivity index (χ0) is 12.8. The molecule has 0 aliphatic rings. The van der Waals surface area contributed by atoms with Gasteiger partial charge in [-0.05, 0) is 12.1 Å². The second kappa shape index (κ2) is 6.28. The van der Waals surface area contributed by atoms with E-state index in [-0.39, 0.29) is 5.56 Å². The average Bonchev–Trinajstić information content (AvgIpc) is 2.41. The third-order valence-electron chi connectivity index (χ3n) is 2.74. The first-order valence-electron chi connectivity index (χ1n) is 5.97. The Balaban J connectivity index is 2.05. The number of ether oxygens (including phenoxy) is 1. The molecule has 1 aromatic carbocycles. The number of rotatable bonds is 6. The molecule has 0 amide bonds. The molecule has 5 heteroatoms. The molecule has 0 fully saturated rings. The van der Waals surface area contributed by atoms with Crippen LogP contribution in [0.15, 0.2) is 35.4 Å². The standard InChI is InChI=1S/C13H17N3O2/c1-18-9-7-14-6-8-16-10-15-12-5-3-2-4-11(12)13(16)17/h2-5,10,14H,6-9H2,1H3. The molecule has 2 rings (SSSR count). The van der Waals surface area contributed by atoms with Gasteiger partial charge in [-0.25, -0.2) is 4.98 Å². The lowest BCUT2D eigenvalue weighted by atomic mass is 10.2. The van der Waals surface area contributed by atoms with Crippen LogP contribution in [0, 0.1) is 0 Å². The maximum atomic E-state index is 12.1.